The quantitative estimate of drug-likeness (QED) is 0.462. The molecule has 0 aromatic rings. The third-order valence-corrected chi connectivity index (χ3v) is 0.368. The fourth-order valence-electron chi connectivity index (χ4n) is 0.134. The van der Waals surface area contributed by atoms with E-state index in [4.69, 9.17) is 5.11 Å². The first-order chi connectivity index (χ1) is 3.27. The summed E-state index contributed by atoms with van der Waals surface area (Å²) in [5, 5.41) is 7.90. The second-order valence-corrected chi connectivity index (χ2v) is 0.919. The molecule has 0 aromatic carbocycles. The molecule has 0 saturated heterocycles. The van der Waals surface area contributed by atoms with Crippen LogP contribution in [-0.4, -0.2) is 24.7 Å². The zero-order chi connectivity index (χ0) is 5.70. The van der Waals surface area contributed by atoms with Crippen molar-refractivity contribution in [3.63, 3.8) is 0 Å². The summed E-state index contributed by atoms with van der Waals surface area (Å²) < 4.78 is 0. The Kier molecular flexibility index (Phi) is 3.26. The van der Waals surface area contributed by atoms with Crippen molar-refractivity contribution in [1.82, 2.24) is 5.48 Å². The SMILES string of the molecule is CONCC(=O)O. The van der Waals surface area contributed by atoms with E-state index in [0.717, 1.165) is 0 Å². The largest absolute Gasteiger partial charge is 0.480 e. The van der Waals surface area contributed by atoms with Gasteiger partial charge in [-0.2, -0.15) is 5.48 Å². The van der Waals surface area contributed by atoms with Gasteiger partial charge in [-0.1, -0.05) is 0 Å². The lowest BCUT2D eigenvalue weighted by molar-refractivity contribution is -0.138. The normalized spacial score (nSPS) is 8.71. The standard InChI is InChI=1S/C3H7NO3/c1-7-4-2-3(5)6/h4H,2H2,1H3,(H,5,6). The van der Waals surface area contributed by atoms with Crippen LogP contribution in [-0.2, 0) is 9.63 Å². The molecule has 0 radical (unpaired) electrons. The van der Waals surface area contributed by atoms with Crippen LogP contribution in [0.15, 0.2) is 0 Å². The first-order valence-electron chi connectivity index (χ1n) is 1.75. The summed E-state index contributed by atoms with van der Waals surface area (Å²) in [5.41, 5.74) is 2.15. The summed E-state index contributed by atoms with van der Waals surface area (Å²) in [4.78, 5) is 13.8. The van der Waals surface area contributed by atoms with Crippen LogP contribution in [0.25, 0.3) is 0 Å². The van der Waals surface area contributed by atoms with E-state index in [1.807, 2.05) is 0 Å². The summed E-state index contributed by atoms with van der Waals surface area (Å²) in [6.45, 7) is -0.156. The van der Waals surface area contributed by atoms with Crippen molar-refractivity contribution in [3.8, 4) is 0 Å². The maximum absolute atomic E-state index is 9.62. The van der Waals surface area contributed by atoms with Gasteiger partial charge in [-0.05, 0) is 0 Å². The highest BCUT2D eigenvalue weighted by Crippen LogP contribution is 1.56. The summed E-state index contributed by atoms with van der Waals surface area (Å²) in [6, 6.07) is 0. The molecule has 4 heteroatoms. The van der Waals surface area contributed by atoms with Gasteiger partial charge in [0.2, 0.25) is 0 Å². The zero-order valence-corrected chi connectivity index (χ0v) is 3.97. The molecule has 0 aliphatic rings. The van der Waals surface area contributed by atoms with E-state index in [1.54, 1.807) is 0 Å². The number of carboxylic acid groups (broad SMARTS) is 1. The topological polar surface area (TPSA) is 58.6 Å². The molecule has 2 N–H and O–H groups in total. The summed E-state index contributed by atoms with van der Waals surface area (Å²) >= 11 is 0. The smallest absolute Gasteiger partial charge is 0.319 e. The second-order valence-electron chi connectivity index (χ2n) is 0.919. The third kappa shape index (κ3) is 5.39. The molecule has 0 spiro atoms. The number of rotatable bonds is 3. The Morgan fingerprint density at radius 2 is 2.57 bits per heavy atom. The number of hydrogen-bond donors (Lipinski definition) is 2. The minimum absolute atomic E-state index is 0.156. The van der Waals surface area contributed by atoms with Gasteiger partial charge in [0, 0.05) is 0 Å². The Morgan fingerprint density at radius 3 is 2.71 bits per heavy atom. The molecule has 0 fully saturated rings. The third-order valence-electron chi connectivity index (χ3n) is 0.368. The van der Waals surface area contributed by atoms with E-state index in [-0.39, 0.29) is 6.54 Å². The van der Waals surface area contributed by atoms with E-state index < -0.39 is 5.97 Å². The van der Waals surface area contributed by atoms with Crippen LogP contribution >= 0.6 is 0 Å². The van der Waals surface area contributed by atoms with E-state index >= 15 is 0 Å². The lowest BCUT2D eigenvalue weighted by Gasteiger charge is -1.91. The first kappa shape index (κ1) is 6.39. The van der Waals surface area contributed by atoms with Gasteiger partial charge in [0.25, 0.3) is 0 Å². The molecular weight excluding hydrogens is 98.0 g/mol. The van der Waals surface area contributed by atoms with Crippen molar-refractivity contribution >= 4 is 5.97 Å². The monoisotopic (exact) mass is 105 g/mol. The Bertz CT molecular complexity index is 63.2. The molecule has 7 heavy (non-hydrogen) atoms. The van der Waals surface area contributed by atoms with Crippen LogP contribution in [0.4, 0.5) is 0 Å². The predicted octanol–water partition coefficient (Wildman–Crippen LogP) is -0.778. The summed E-state index contributed by atoms with van der Waals surface area (Å²) in [7, 11) is 1.36. The van der Waals surface area contributed by atoms with E-state index in [2.05, 4.69) is 10.3 Å². The molecular formula is C3H7NO3. The van der Waals surface area contributed by atoms with Gasteiger partial charge in [0.1, 0.15) is 6.54 Å². The van der Waals surface area contributed by atoms with Gasteiger partial charge < -0.3 is 9.94 Å². The molecule has 4 nitrogen and oxygen atoms in total. The number of carboxylic acids is 1. The van der Waals surface area contributed by atoms with Gasteiger partial charge in [-0.25, -0.2) is 0 Å². The van der Waals surface area contributed by atoms with Crippen molar-refractivity contribution in [2.24, 2.45) is 0 Å². The molecule has 0 aromatic heterocycles. The number of hydroxylamine groups is 1. The highest BCUT2D eigenvalue weighted by Gasteiger charge is 1.89. The number of nitrogens with one attached hydrogen (secondary N) is 1. The molecule has 0 unspecified atom stereocenters. The minimum atomic E-state index is -0.929. The van der Waals surface area contributed by atoms with Crippen LogP contribution in [0.3, 0.4) is 0 Å². The van der Waals surface area contributed by atoms with Crippen molar-refractivity contribution in [2.45, 2.75) is 0 Å². The predicted molar refractivity (Wildman–Crippen MR) is 22.6 cm³/mol. The lowest BCUT2D eigenvalue weighted by atomic mass is 10.7. The maximum Gasteiger partial charge on any atom is 0.319 e. The molecule has 0 aliphatic heterocycles. The Balaban J connectivity index is 2.82. The fourth-order valence-corrected chi connectivity index (χ4v) is 0.134. The Labute approximate surface area is 41.0 Å². The number of hydrogen-bond acceptors (Lipinski definition) is 3. The van der Waals surface area contributed by atoms with Gasteiger partial charge in [0.15, 0.2) is 0 Å². The fraction of sp³-hybridized carbons (Fsp3) is 0.667. The molecule has 0 saturated carbocycles. The summed E-state index contributed by atoms with van der Waals surface area (Å²) in [6.07, 6.45) is 0. The average molecular weight is 105 g/mol. The van der Waals surface area contributed by atoms with Gasteiger partial charge in [0.05, 0.1) is 7.11 Å². The van der Waals surface area contributed by atoms with Crippen molar-refractivity contribution in [1.29, 1.82) is 0 Å². The Morgan fingerprint density at radius 1 is 2.00 bits per heavy atom. The van der Waals surface area contributed by atoms with Crippen molar-refractivity contribution in [3.05, 3.63) is 0 Å². The van der Waals surface area contributed by atoms with E-state index in [9.17, 15) is 4.79 Å². The first-order valence-corrected chi connectivity index (χ1v) is 1.75. The van der Waals surface area contributed by atoms with E-state index in [1.165, 1.54) is 7.11 Å². The molecule has 0 amide bonds. The van der Waals surface area contributed by atoms with Gasteiger partial charge in [-0.3, -0.25) is 4.79 Å². The molecule has 0 bridgehead atoms. The van der Waals surface area contributed by atoms with Gasteiger partial charge in [-0.15, -0.1) is 0 Å². The van der Waals surface area contributed by atoms with Crippen LogP contribution < -0.4 is 5.48 Å². The van der Waals surface area contributed by atoms with Crippen LogP contribution in [0, 0.1) is 0 Å². The Hall–Kier alpha value is -0.610. The van der Waals surface area contributed by atoms with Crippen molar-refractivity contribution < 1.29 is 14.7 Å². The molecule has 0 rings (SSSR count). The van der Waals surface area contributed by atoms with Crippen molar-refractivity contribution in [2.75, 3.05) is 13.7 Å². The second kappa shape index (κ2) is 3.58. The van der Waals surface area contributed by atoms with E-state index in [0.29, 0.717) is 0 Å². The number of carbonyl (C=O) groups is 1. The highest BCUT2D eigenvalue weighted by atomic mass is 16.6. The summed E-state index contributed by atoms with van der Waals surface area (Å²) in [5.74, 6) is -0.929. The molecule has 42 valence electrons. The average Bonchev–Trinajstić information content (AvgIpc) is 1.61. The lowest BCUT2D eigenvalue weighted by Crippen LogP contribution is -2.20. The molecule has 0 aliphatic carbocycles. The molecule has 0 atom stereocenters. The van der Waals surface area contributed by atoms with Crippen LogP contribution in [0.2, 0.25) is 0 Å². The number of aliphatic carboxylic acids is 1. The molecule has 0 heterocycles. The maximum atomic E-state index is 9.62. The zero-order valence-electron chi connectivity index (χ0n) is 3.97. The highest BCUT2D eigenvalue weighted by molar-refractivity contribution is 5.68. The minimum Gasteiger partial charge on any atom is -0.480 e. The van der Waals surface area contributed by atoms with Crippen LogP contribution in [0.5, 0.6) is 0 Å². The van der Waals surface area contributed by atoms with Crippen LogP contribution in [0.1, 0.15) is 0 Å². The van der Waals surface area contributed by atoms with Gasteiger partial charge >= 0.3 is 5.97 Å².